The molecule has 0 radical (unpaired) electrons. The van der Waals surface area contributed by atoms with Gasteiger partial charge in [0.25, 0.3) is 0 Å². The SMILES string of the molecule is CCCC(O)CNC(=O)C(C)Sc1ccccn1. The van der Waals surface area contributed by atoms with Crippen LogP contribution in [-0.2, 0) is 4.79 Å². The molecule has 4 nitrogen and oxygen atoms in total. The summed E-state index contributed by atoms with van der Waals surface area (Å²) in [7, 11) is 0. The van der Waals surface area contributed by atoms with E-state index in [2.05, 4.69) is 10.3 Å². The van der Waals surface area contributed by atoms with Crippen LogP contribution in [0, 0.1) is 0 Å². The molecule has 18 heavy (non-hydrogen) atoms. The van der Waals surface area contributed by atoms with Crippen molar-refractivity contribution >= 4 is 17.7 Å². The fourth-order valence-corrected chi connectivity index (χ4v) is 2.28. The summed E-state index contributed by atoms with van der Waals surface area (Å²) in [5, 5.41) is 12.9. The van der Waals surface area contributed by atoms with Crippen molar-refractivity contribution in [2.45, 2.75) is 43.1 Å². The standard InChI is InChI=1S/C13H20N2O2S/c1-3-6-11(16)9-15-13(17)10(2)18-12-7-4-5-8-14-12/h4-5,7-8,10-11,16H,3,6,9H2,1-2H3,(H,15,17). The molecule has 0 aliphatic rings. The van der Waals surface area contributed by atoms with Crippen LogP contribution in [-0.4, -0.2) is 33.9 Å². The van der Waals surface area contributed by atoms with E-state index in [1.54, 1.807) is 6.20 Å². The summed E-state index contributed by atoms with van der Waals surface area (Å²) in [6, 6.07) is 5.61. The molecule has 5 heteroatoms. The first-order valence-electron chi connectivity index (χ1n) is 6.17. The van der Waals surface area contributed by atoms with Crippen LogP contribution >= 0.6 is 11.8 Å². The summed E-state index contributed by atoms with van der Waals surface area (Å²) in [5.41, 5.74) is 0. The van der Waals surface area contributed by atoms with Crippen LogP contribution in [0.3, 0.4) is 0 Å². The maximum atomic E-state index is 11.8. The molecule has 0 aromatic carbocycles. The third-order valence-corrected chi connectivity index (χ3v) is 3.49. The topological polar surface area (TPSA) is 62.2 Å². The number of aromatic nitrogens is 1. The predicted octanol–water partition coefficient (Wildman–Crippen LogP) is 1.84. The molecular formula is C13H20N2O2S. The molecule has 100 valence electrons. The molecule has 1 amide bonds. The number of hydrogen-bond acceptors (Lipinski definition) is 4. The zero-order valence-corrected chi connectivity index (χ0v) is 11.6. The van der Waals surface area contributed by atoms with Gasteiger partial charge in [0.2, 0.25) is 5.91 Å². The fraction of sp³-hybridized carbons (Fsp3) is 0.538. The molecule has 0 aliphatic heterocycles. The summed E-state index contributed by atoms with van der Waals surface area (Å²) in [6.45, 7) is 4.16. The molecule has 1 aromatic heterocycles. The van der Waals surface area contributed by atoms with Gasteiger partial charge in [-0.15, -0.1) is 0 Å². The maximum Gasteiger partial charge on any atom is 0.233 e. The van der Waals surface area contributed by atoms with Gasteiger partial charge in [-0.2, -0.15) is 0 Å². The van der Waals surface area contributed by atoms with Crippen molar-refractivity contribution in [3.05, 3.63) is 24.4 Å². The number of aliphatic hydroxyl groups is 1. The molecule has 2 unspecified atom stereocenters. The third-order valence-electron chi connectivity index (χ3n) is 2.44. The van der Waals surface area contributed by atoms with Gasteiger partial charge >= 0.3 is 0 Å². The Kier molecular flexibility index (Phi) is 6.75. The quantitative estimate of drug-likeness (QED) is 0.741. The van der Waals surface area contributed by atoms with Crippen LogP contribution in [0.15, 0.2) is 29.4 Å². The van der Waals surface area contributed by atoms with E-state index in [4.69, 9.17) is 0 Å². The average Bonchev–Trinajstić information content (AvgIpc) is 2.37. The zero-order valence-electron chi connectivity index (χ0n) is 10.8. The molecule has 0 saturated heterocycles. The van der Waals surface area contributed by atoms with Gasteiger partial charge in [-0.25, -0.2) is 4.98 Å². The van der Waals surface area contributed by atoms with E-state index in [9.17, 15) is 9.90 Å². The Hall–Kier alpha value is -1.07. The highest BCUT2D eigenvalue weighted by atomic mass is 32.2. The Morgan fingerprint density at radius 3 is 2.94 bits per heavy atom. The van der Waals surface area contributed by atoms with Crippen molar-refractivity contribution in [3.63, 3.8) is 0 Å². The Morgan fingerprint density at radius 2 is 2.33 bits per heavy atom. The fourth-order valence-electron chi connectivity index (χ4n) is 1.45. The molecule has 1 heterocycles. The van der Waals surface area contributed by atoms with Crippen molar-refractivity contribution < 1.29 is 9.90 Å². The second-order valence-corrected chi connectivity index (χ2v) is 5.48. The number of nitrogens with zero attached hydrogens (tertiary/aromatic N) is 1. The molecule has 0 bridgehead atoms. The lowest BCUT2D eigenvalue weighted by Gasteiger charge is -2.14. The van der Waals surface area contributed by atoms with Gasteiger partial charge in [0, 0.05) is 12.7 Å². The Bertz CT molecular complexity index is 359. The number of pyridine rings is 1. The highest BCUT2D eigenvalue weighted by molar-refractivity contribution is 8.00. The monoisotopic (exact) mass is 268 g/mol. The summed E-state index contributed by atoms with van der Waals surface area (Å²) >= 11 is 1.41. The normalized spacial score (nSPS) is 13.9. The number of thioether (sulfide) groups is 1. The van der Waals surface area contributed by atoms with E-state index in [1.165, 1.54) is 11.8 Å². The van der Waals surface area contributed by atoms with E-state index in [-0.39, 0.29) is 11.2 Å². The second kappa shape index (κ2) is 8.11. The van der Waals surface area contributed by atoms with Crippen LogP contribution in [0.1, 0.15) is 26.7 Å². The predicted molar refractivity (Wildman–Crippen MR) is 73.5 cm³/mol. The minimum atomic E-state index is -0.453. The largest absolute Gasteiger partial charge is 0.391 e. The van der Waals surface area contributed by atoms with Crippen molar-refractivity contribution in [2.24, 2.45) is 0 Å². The summed E-state index contributed by atoms with van der Waals surface area (Å²) < 4.78 is 0. The first kappa shape index (κ1) is 15.0. The molecule has 1 rings (SSSR count). The number of hydrogen-bond donors (Lipinski definition) is 2. The molecule has 0 spiro atoms. The molecule has 2 atom stereocenters. The van der Waals surface area contributed by atoms with Crippen LogP contribution in [0.4, 0.5) is 0 Å². The number of carbonyl (C=O) groups is 1. The average molecular weight is 268 g/mol. The zero-order chi connectivity index (χ0) is 13.4. The van der Waals surface area contributed by atoms with Crippen molar-refractivity contribution in [1.82, 2.24) is 10.3 Å². The van der Waals surface area contributed by atoms with Crippen molar-refractivity contribution in [3.8, 4) is 0 Å². The van der Waals surface area contributed by atoms with Gasteiger partial charge in [0.15, 0.2) is 0 Å². The molecule has 2 N–H and O–H groups in total. The lowest BCUT2D eigenvalue weighted by atomic mass is 10.2. The number of amides is 1. The number of carbonyl (C=O) groups excluding carboxylic acids is 1. The van der Waals surface area contributed by atoms with Gasteiger partial charge in [-0.05, 0) is 25.5 Å². The van der Waals surface area contributed by atoms with E-state index < -0.39 is 6.10 Å². The summed E-state index contributed by atoms with van der Waals surface area (Å²) in [6.07, 6.45) is 2.88. The first-order chi connectivity index (χ1) is 8.63. The van der Waals surface area contributed by atoms with Gasteiger partial charge in [-0.3, -0.25) is 4.79 Å². The third kappa shape index (κ3) is 5.51. The number of aliphatic hydroxyl groups excluding tert-OH is 1. The van der Waals surface area contributed by atoms with Gasteiger partial charge < -0.3 is 10.4 Å². The second-order valence-electron chi connectivity index (χ2n) is 4.12. The maximum absolute atomic E-state index is 11.8. The van der Waals surface area contributed by atoms with Gasteiger partial charge in [-0.1, -0.05) is 31.2 Å². The summed E-state index contributed by atoms with van der Waals surface area (Å²) in [4.78, 5) is 15.9. The van der Waals surface area contributed by atoms with Crippen LogP contribution in [0.5, 0.6) is 0 Å². The lowest BCUT2D eigenvalue weighted by molar-refractivity contribution is -0.120. The number of rotatable bonds is 7. The minimum Gasteiger partial charge on any atom is -0.391 e. The van der Waals surface area contributed by atoms with Crippen LogP contribution in [0.25, 0.3) is 0 Å². The molecule has 0 aliphatic carbocycles. The molecular weight excluding hydrogens is 248 g/mol. The highest BCUT2D eigenvalue weighted by Gasteiger charge is 2.15. The van der Waals surface area contributed by atoms with E-state index >= 15 is 0 Å². The number of nitrogens with one attached hydrogen (secondary N) is 1. The van der Waals surface area contributed by atoms with Crippen molar-refractivity contribution in [1.29, 1.82) is 0 Å². The van der Waals surface area contributed by atoms with Gasteiger partial charge in [0.1, 0.15) is 0 Å². The van der Waals surface area contributed by atoms with Crippen molar-refractivity contribution in [2.75, 3.05) is 6.54 Å². The van der Waals surface area contributed by atoms with Crippen LogP contribution < -0.4 is 5.32 Å². The van der Waals surface area contributed by atoms with Gasteiger partial charge in [0.05, 0.1) is 16.4 Å². The first-order valence-corrected chi connectivity index (χ1v) is 7.05. The Morgan fingerprint density at radius 1 is 1.56 bits per heavy atom. The Labute approximate surface area is 112 Å². The van der Waals surface area contributed by atoms with E-state index in [0.717, 1.165) is 11.4 Å². The molecule has 0 saturated carbocycles. The smallest absolute Gasteiger partial charge is 0.233 e. The van der Waals surface area contributed by atoms with E-state index in [1.807, 2.05) is 32.0 Å². The molecule has 0 fully saturated rings. The summed E-state index contributed by atoms with van der Waals surface area (Å²) in [5.74, 6) is -0.0687. The Balaban J connectivity index is 2.33. The van der Waals surface area contributed by atoms with Crippen LogP contribution in [0.2, 0.25) is 0 Å². The lowest BCUT2D eigenvalue weighted by Crippen LogP contribution is -2.36. The highest BCUT2D eigenvalue weighted by Crippen LogP contribution is 2.20. The van der Waals surface area contributed by atoms with E-state index in [0.29, 0.717) is 13.0 Å². The molecule has 1 aromatic rings. The minimum absolute atomic E-state index is 0.0687.